The molecule has 1 atom stereocenters. The Bertz CT molecular complexity index is 493. The fraction of sp³-hybridized carbons (Fsp3) is 0.385. The van der Waals surface area contributed by atoms with E-state index < -0.39 is 6.09 Å². The maximum absolute atomic E-state index is 11.1. The average molecular weight is 299 g/mol. The van der Waals surface area contributed by atoms with E-state index >= 15 is 0 Å². The summed E-state index contributed by atoms with van der Waals surface area (Å²) in [5.41, 5.74) is 7.80. The molecule has 0 bridgehead atoms. The Kier molecular flexibility index (Phi) is 6.11. The van der Waals surface area contributed by atoms with E-state index in [0.29, 0.717) is 25.4 Å². The number of benzene rings is 1. The minimum Gasteiger partial charge on any atom is -0.450 e. The van der Waals surface area contributed by atoms with Gasteiger partial charge in [-0.15, -0.1) is 12.4 Å². The molecule has 1 heterocycles. The van der Waals surface area contributed by atoms with Crippen molar-refractivity contribution in [2.45, 2.75) is 19.5 Å². The molecule has 0 spiro atoms. The number of halogens is 1. The first kappa shape index (κ1) is 16.1. The predicted molar refractivity (Wildman–Crippen MR) is 81.5 cm³/mol. The van der Waals surface area contributed by atoms with Gasteiger partial charge in [0.25, 0.3) is 0 Å². The number of alkyl carbamates (subject to hydrolysis) is 1. The van der Waals surface area contributed by atoms with Gasteiger partial charge in [0.2, 0.25) is 0 Å². The smallest absolute Gasteiger partial charge is 0.407 e. The first-order valence-electron chi connectivity index (χ1n) is 6.30. The van der Waals surface area contributed by atoms with Gasteiger partial charge in [-0.25, -0.2) is 9.79 Å². The summed E-state index contributed by atoms with van der Waals surface area (Å²) in [6, 6.07) is 7.75. The van der Waals surface area contributed by atoms with Crippen LogP contribution in [0, 0.1) is 0 Å². The molecule has 2 rings (SSSR count). The average Bonchev–Trinajstić information content (AvgIpc) is 2.39. The molecule has 0 aliphatic carbocycles. The quantitative estimate of drug-likeness (QED) is 0.789. The number of nitrogens with one attached hydrogen (secondary N) is 2. The number of para-hydroxylation sites is 1. The molecule has 1 amide bonds. The van der Waals surface area contributed by atoms with Crippen LogP contribution in [-0.4, -0.2) is 31.2 Å². The third-order valence-corrected chi connectivity index (χ3v) is 2.78. The van der Waals surface area contributed by atoms with Crippen LogP contribution >= 0.6 is 12.4 Å². The van der Waals surface area contributed by atoms with Crippen molar-refractivity contribution < 1.29 is 9.53 Å². The number of ether oxygens (including phenoxy) is 1. The summed E-state index contributed by atoms with van der Waals surface area (Å²) < 4.78 is 4.78. The first-order chi connectivity index (χ1) is 9.20. The van der Waals surface area contributed by atoms with Crippen molar-refractivity contribution >= 4 is 30.0 Å². The van der Waals surface area contributed by atoms with E-state index in [2.05, 4.69) is 15.6 Å². The fourth-order valence-corrected chi connectivity index (χ4v) is 1.91. The van der Waals surface area contributed by atoms with Crippen molar-refractivity contribution in [3.05, 3.63) is 29.8 Å². The maximum Gasteiger partial charge on any atom is 0.407 e. The number of rotatable bonds is 4. The molecule has 1 aromatic carbocycles. The zero-order valence-corrected chi connectivity index (χ0v) is 12.1. The molecule has 4 N–H and O–H groups in total. The minimum absolute atomic E-state index is 0. The number of carbonyl (C=O) groups is 1. The van der Waals surface area contributed by atoms with E-state index in [9.17, 15) is 4.79 Å². The fourth-order valence-electron chi connectivity index (χ4n) is 1.91. The molecule has 7 heteroatoms. The largest absolute Gasteiger partial charge is 0.450 e. The molecule has 20 heavy (non-hydrogen) atoms. The van der Waals surface area contributed by atoms with Crippen LogP contribution in [0.25, 0.3) is 0 Å². The highest BCUT2D eigenvalue weighted by Crippen LogP contribution is 2.21. The Morgan fingerprint density at radius 2 is 2.25 bits per heavy atom. The minimum atomic E-state index is -0.407. The lowest BCUT2D eigenvalue weighted by molar-refractivity contribution is 0.152. The number of aliphatic imine (C=N–C) groups is 1. The molecular weight excluding hydrogens is 280 g/mol. The second-order valence-electron chi connectivity index (χ2n) is 4.16. The number of nitrogens with two attached hydrogens (primary N) is 1. The maximum atomic E-state index is 11.1. The van der Waals surface area contributed by atoms with E-state index in [4.69, 9.17) is 10.5 Å². The van der Waals surface area contributed by atoms with Crippen molar-refractivity contribution in [3.63, 3.8) is 0 Å². The van der Waals surface area contributed by atoms with Crippen LogP contribution < -0.4 is 16.4 Å². The number of nitrogens with zero attached hydrogens (tertiary/aromatic N) is 1. The Morgan fingerprint density at radius 1 is 1.50 bits per heavy atom. The molecular formula is C13H19ClN4O2. The second kappa shape index (κ2) is 7.59. The van der Waals surface area contributed by atoms with Crippen LogP contribution in [0.3, 0.4) is 0 Å². The van der Waals surface area contributed by atoms with Crippen molar-refractivity contribution in [1.82, 2.24) is 5.32 Å². The van der Waals surface area contributed by atoms with Gasteiger partial charge >= 0.3 is 6.09 Å². The van der Waals surface area contributed by atoms with Gasteiger partial charge in [0.05, 0.1) is 6.61 Å². The van der Waals surface area contributed by atoms with Crippen LogP contribution in [0.2, 0.25) is 0 Å². The first-order valence-corrected chi connectivity index (χ1v) is 6.30. The van der Waals surface area contributed by atoms with Crippen LogP contribution in [0.15, 0.2) is 29.3 Å². The lowest BCUT2D eigenvalue weighted by atomic mass is 10.1. The molecule has 0 saturated heterocycles. The lowest BCUT2D eigenvalue weighted by Gasteiger charge is -2.23. The van der Waals surface area contributed by atoms with Gasteiger partial charge in [0.15, 0.2) is 0 Å². The van der Waals surface area contributed by atoms with E-state index in [-0.39, 0.29) is 18.6 Å². The van der Waals surface area contributed by atoms with Crippen molar-refractivity contribution in [2.75, 3.05) is 18.5 Å². The van der Waals surface area contributed by atoms with Gasteiger partial charge in [-0.2, -0.15) is 0 Å². The number of amides is 1. The lowest BCUT2D eigenvalue weighted by Crippen LogP contribution is -2.34. The molecule has 6 nitrogen and oxygen atoms in total. The summed E-state index contributed by atoms with van der Waals surface area (Å²) in [5, 5.41) is 5.93. The van der Waals surface area contributed by atoms with Crippen molar-refractivity contribution in [1.29, 1.82) is 0 Å². The molecule has 1 aliphatic heterocycles. The Morgan fingerprint density at radius 3 is 3.00 bits per heavy atom. The van der Waals surface area contributed by atoms with Crippen LogP contribution in [0.4, 0.5) is 10.5 Å². The Labute approximate surface area is 124 Å². The summed E-state index contributed by atoms with van der Waals surface area (Å²) in [4.78, 5) is 15.5. The number of hydrogen-bond acceptors (Lipinski definition) is 5. The highest BCUT2D eigenvalue weighted by atomic mass is 35.5. The number of carbonyl (C=O) groups excluding carboxylic acids is 1. The number of anilines is 1. The number of hydrogen-bond donors (Lipinski definition) is 3. The Hall–Kier alpha value is -1.95. The van der Waals surface area contributed by atoms with Gasteiger partial charge in [0, 0.05) is 24.2 Å². The monoisotopic (exact) mass is 298 g/mol. The van der Waals surface area contributed by atoms with Gasteiger partial charge in [0.1, 0.15) is 12.0 Å². The molecule has 1 aromatic rings. The third kappa shape index (κ3) is 4.03. The molecule has 0 aromatic heterocycles. The van der Waals surface area contributed by atoms with Gasteiger partial charge in [-0.05, 0) is 19.1 Å². The summed E-state index contributed by atoms with van der Waals surface area (Å²) in [7, 11) is 0. The SMILES string of the molecule is CCOC(=O)NCCC1N=C(N)c2ccccc2N1.Cl. The van der Waals surface area contributed by atoms with Crippen molar-refractivity contribution in [2.24, 2.45) is 10.7 Å². The zero-order valence-electron chi connectivity index (χ0n) is 11.3. The molecule has 0 radical (unpaired) electrons. The predicted octanol–water partition coefficient (Wildman–Crippen LogP) is 1.70. The van der Waals surface area contributed by atoms with Crippen LogP contribution in [0.5, 0.6) is 0 Å². The van der Waals surface area contributed by atoms with Gasteiger partial charge in [-0.3, -0.25) is 0 Å². The molecule has 1 aliphatic rings. The van der Waals surface area contributed by atoms with Crippen molar-refractivity contribution in [3.8, 4) is 0 Å². The van der Waals surface area contributed by atoms with E-state index in [0.717, 1.165) is 11.3 Å². The van der Waals surface area contributed by atoms with Gasteiger partial charge in [-0.1, -0.05) is 12.1 Å². The molecule has 0 fully saturated rings. The van der Waals surface area contributed by atoms with Crippen LogP contribution in [-0.2, 0) is 4.74 Å². The van der Waals surface area contributed by atoms with E-state index in [1.165, 1.54) is 0 Å². The van der Waals surface area contributed by atoms with E-state index in [1.54, 1.807) is 6.92 Å². The second-order valence-corrected chi connectivity index (χ2v) is 4.16. The third-order valence-electron chi connectivity index (χ3n) is 2.78. The standard InChI is InChI=1S/C13H18N4O2.ClH/c1-2-19-13(18)15-8-7-11-16-10-6-4-3-5-9(10)12(14)17-11;/h3-6,11,16H,2,7-8H2,1H3,(H2,14,17)(H,15,18);1H. The summed E-state index contributed by atoms with van der Waals surface area (Å²) in [5.74, 6) is 0.524. The highest BCUT2D eigenvalue weighted by Gasteiger charge is 2.17. The van der Waals surface area contributed by atoms with Crippen LogP contribution in [0.1, 0.15) is 18.9 Å². The number of fused-ring (bicyclic) bond motifs is 1. The molecule has 1 unspecified atom stereocenters. The summed E-state index contributed by atoms with van der Waals surface area (Å²) in [6.07, 6.45) is 0.112. The van der Waals surface area contributed by atoms with E-state index in [1.807, 2.05) is 24.3 Å². The number of amidine groups is 1. The summed E-state index contributed by atoms with van der Waals surface area (Å²) >= 11 is 0. The topological polar surface area (TPSA) is 88.7 Å². The zero-order chi connectivity index (χ0) is 13.7. The highest BCUT2D eigenvalue weighted by molar-refractivity contribution is 6.03. The molecule has 0 saturated carbocycles. The van der Waals surface area contributed by atoms with Gasteiger partial charge < -0.3 is 21.1 Å². The summed E-state index contributed by atoms with van der Waals surface area (Å²) in [6.45, 7) is 2.62. The Balaban J connectivity index is 0.00000200. The normalized spacial score (nSPS) is 16.1. The molecule has 110 valence electrons.